The highest BCUT2D eigenvalue weighted by atomic mass is 127. The molecule has 3 rings (SSSR count). The molecule has 12 heteroatoms. The van der Waals surface area contributed by atoms with Gasteiger partial charge in [0.15, 0.2) is 0 Å². The molecular weight excluding hydrogens is 583 g/mol. The van der Waals surface area contributed by atoms with Crippen molar-refractivity contribution in [3.8, 4) is 5.75 Å². The molecule has 11 nitrogen and oxygen atoms in total. The highest BCUT2D eigenvalue weighted by Gasteiger charge is 2.40. The van der Waals surface area contributed by atoms with Gasteiger partial charge in [-0.25, -0.2) is 4.79 Å². The lowest BCUT2D eigenvalue weighted by atomic mass is 10.0. The Kier molecular flexibility index (Phi) is 10.9. The first-order valence-electron chi connectivity index (χ1n) is 12.1. The topological polar surface area (TPSA) is 143 Å². The number of nitrogens with zero attached hydrogens (tertiary/aromatic N) is 1. The van der Waals surface area contributed by atoms with Crippen molar-refractivity contribution in [1.29, 1.82) is 0 Å². The van der Waals surface area contributed by atoms with Gasteiger partial charge >= 0.3 is 6.09 Å². The number of ether oxygens (including phenoxy) is 1. The highest BCUT2D eigenvalue weighted by Crippen LogP contribution is 2.33. The molecule has 0 aromatic heterocycles. The number of carbonyl (C=O) groups excluding carboxylic acids is 5. The molecule has 5 amide bonds. The van der Waals surface area contributed by atoms with Crippen molar-refractivity contribution < 1.29 is 31.8 Å². The first kappa shape index (κ1) is 27.8. The Bertz CT molecular complexity index is 987. The summed E-state index contributed by atoms with van der Waals surface area (Å²) in [5, 5.41) is 7.79. The molecular formula is C24H31IN4O7. The normalized spacial score (nSPS) is 17.0. The number of fused-ring (bicyclic) bond motifs is 1. The summed E-state index contributed by atoms with van der Waals surface area (Å²) in [5.41, 5.74) is 0.947. The second-order valence-electron chi connectivity index (χ2n) is 8.72. The zero-order valence-electron chi connectivity index (χ0n) is 20.0. The Labute approximate surface area is 223 Å². The number of hydrogen-bond acceptors (Lipinski definition) is 7. The summed E-state index contributed by atoms with van der Waals surface area (Å²) in [7, 11) is 0. The molecule has 0 saturated carbocycles. The van der Waals surface area contributed by atoms with E-state index in [2.05, 4.69) is 16.0 Å². The van der Waals surface area contributed by atoms with Gasteiger partial charge in [-0.1, -0.05) is 31.7 Å². The minimum absolute atomic E-state index is 0.0711. The predicted octanol–water partition coefficient (Wildman–Crippen LogP) is 2.36. The second-order valence-corrected chi connectivity index (χ2v) is 9.35. The van der Waals surface area contributed by atoms with Gasteiger partial charge in [0, 0.05) is 30.6 Å². The third-order valence-electron chi connectivity index (χ3n) is 6.12. The van der Waals surface area contributed by atoms with Gasteiger partial charge in [-0.15, -0.1) is 0 Å². The minimum Gasteiger partial charge on any atom is -0.410 e. The van der Waals surface area contributed by atoms with Crippen LogP contribution in [0, 0.1) is 0 Å². The van der Waals surface area contributed by atoms with E-state index in [0.29, 0.717) is 24.2 Å². The van der Waals surface area contributed by atoms with Crippen molar-refractivity contribution in [1.82, 2.24) is 20.9 Å². The largest absolute Gasteiger partial charge is 0.412 e. The van der Waals surface area contributed by atoms with Crippen molar-refractivity contribution in [2.45, 2.75) is 64.0 Å². The molecule has 1 atom stereocenters. The molecule has 0 spiro atoms. The van der Waals surface area contributed by atoms with E-state index >= 15 is 0 Å². The predicted molar refractivity (Wildman–Crippen MR) is 137 cm³/mol. The van der Waals surface area contributed by atoms with Crippen LogP contribution in [-0.4, -0.2) is 60.4 Å². The Morgan fingerprint density at radius 2 is 1.72 bits per heavy atom. The zero-order valence-corrected chi connectivity index (χ0v) is 22.1. The molecule has 196 valence electrons. The van der Waals surface area contributed by atoms with E-state index in [0.717, 1.165) is 38.5 Å². The minimum atomic E-state index is -0.724. The van der Waals surface area contributed by atoms with Gasteiger partial charge in [0.2, 0.25) is 17.7 Å². The smallest absolute Gasteiger partial charge is 0.410 e. The number of rotatable bonds is 13. The van der Waals surface area contributed by atoms with Gasteiger partial charge in [-0.3, -0.25) is 24.5 Å². The van der Waals surface area contributed by atoms with Crippen molar-refractivity contribution >= 4 is 52.7 Å². The molecule has 3 N–H and O–H groups in total. The first-order chi connectivity index (χ1) is 17.4. The van der Waals surface area contributed by atoms with Gasteiger partial charge in [0.1, 0.15) is 41.4 Å². The van der Waals surface area contributed by atoms with Crippen molar-refractivity contribution in [2.24, 2.45) is 0 Å². The molecule has 1 aromatic rings. The number of halogens is 1. The summed E-state index contributed by atoms with van der Waals surface area (Å²) in [6.45, 7) is 1.33. The number of amides is 5. The van der Waals surface area contributed by atoms with Gasteiger partial charge in [-0.2, -0.15) is 0 Å². The summed E-state index contributed by atoms with van der Waals surface area (Å²) < 4.78 is 10.2. The molecule has 2 heterocycles. The van der Waals surface area contributed by atoms with Crippen LogP contribution >= 0.6 is 23.0 Å². The summed E-state index contributed by atoms with van der Waals surface area (Å²) >= 11 is 1.69. The quantitative estimate of drug-likeness (QED) is 0.176. The summed E-state index contributed by atoms with van der Waals surface area (Å²) in [5.74, 6) is -0.973. The first-order valence-corrected chi connectivity index (χ1v) is 13.0. The lowest BCUT2D eigenvalue weighted by molar-refractivity contribution is -0.137. The van der Waals surface area contributed by atoms with Crippen molar-refractivity contribution in [3.05, 3.63) is 29.3 Å². The summed E-state index contributed by atoms with van der Waals surface area (Å²) in [6, 6.07) is 4.17. The van der Waals surface area contributed by atoms with E-state index in [1.165, 1.54) is 4.90 Å². The molecule has 0 radical (unpaired) electrons. The third-order valence-corrected chi connectivity index (χ3v) is 6.43. The standard InChI is InChI=1S/C24H31IN4O7/c25-35-15-21(31)26-12-5-3-1-2-4-6-13-27-24(34)36-19-9-7-8-16-17(19)14-29(23(16)33)18-10-11-20(30)28-22(18)32/h7-9,18H,1-6,10-15H2,(H,26,31)(H,27,34)(H,28,30,32). The van der Waals surface area contributed by atoms with Gasteiger partial charge < -0.3 is 23.3 Å². The maximum absolute atomic E-state index is 12.9. The average Bonchev–Trinajstić information content (AvgIpc) is 3.17. The SMILES string of the molecule is O=C(COI)NCCCCCCCCNC(=O)Oc1cccc2c1CN(C1CCC(=O)NC1=O)C2=O. The van der Waals surface area contributed by atoms with Crippen LogP contribution < -0.4 is 20.7 Å². The molecule has 1 fully saturated rings. The lowest BCUT2D eigenvalue weighted by Crippen LogP contribution is -2.52. The molecule has 1 saturated heterocycles. The van der Waals surface area contributed by atoms with Crippen LogP contribution in [0.3, 0.4) is 0 Å². The van der Waals surface area contributed by atoms with E-state index in [9.17, 15) is 24.0 Å². The number of hydrogen-bond donors (Lipinski definition) is 3. The molecule has 0 aliphatic carbocycles. The van der Waals surface area contributed by atoms with E-state index in [1.54, 1.807) is 41.2 Å². The fourth-order valence-electron chi connectivity index (χ4n) is 4.26. The van der Waals surface area contributed by atoms with Crippen LogP contribution in [-0.2, 0) is 24.0 Å². The number of carbonyl (C=O) groups is 5. The van der Waals surface area contributed by atoms with Gasteiger partial charge in [-0.05, 0) is 31.4 Å². The maximum atomic E-state index is 12.9. The van der Waals surface area contributed by atoms with Crippen LogP contribution in [0.15, 0.2) is 18.2 Å². The van der Waals surface area contributed by atoms with E-state index in [4.69, 9.17) is 7.80 Å². The summed E-state index contributed by atoms with van der Waals surface area (Å²) in [6.07, 6.45) is 5.65. The fraction of sp³-hybridized carbons (Fsp3) is 0.542. The lowest BCUT2D eigenvalue weighted by Gasteiger charge is -2.29. The van der Waals surface area contributed by atoms with Gasteiger partial charge in [0.05, 0.1) is 6.54 Å². The number of piperidine rings is 1. The monoisotopic (exact) mass is 614 g/mol. The number of benzene rings is 1. The zero-order chi connectivity index (χ0) is 25.9. The summed E-state index contributed by atoms with van der Waals surface area (Å²) in [4.78, 5) is 61.5. The molecule has 2 aliphatic rings. The van der Waals surface area contributed by atoms with Crippen molar-refractivity contribution in [3.63, 3.8) is 0 Å². The van der Waals surface area contributed by atoms with Crippen LogP contribution in [0.2, 0.25) is 0 Å². The van der Waals surface area contributed by atoms with Gasteiger partial charge in [0.25, 0.3) is 5.91 Å². The van der Waals surface area contributed by atoms with Crippen LogP contribution in [0.1, 0.15) is 67.3 Å². The molecule has 0 bridgehead atoms. The van der Waals surface area contributed by atoms with Crippen LogP contribution in [0.25, 0.3) is 0 Å². The van der Waals surface area contributed by atoms with Crippen molar-refractivity contribution in [2.75, 3.05) is 19.7 Å². The second kappa shape index (κ2) is 14.1. The molecule has 2 aliphatic heterocycles. The molecule has 1 unspecified atom stereocenters. The Morgan fingerprint density at radius 1 is 1.03 bits per heavy atom. The number of imide groups is 1. The van der Waals surface area contributed by atoms with E-state index in [-0.39, 0.29) is 49.5 Å². The number of nitrogens with one attached hydrogen (secondary N) is 3. The Balaban J connectivity index is 1.35. The maximum Gasteiger partial charge on any atom is 0.412 e. The van der Waals surface area contributed by atoms with Crippen LogP contribution in [0.4, 0.5) is 4.79 Å². The third kappa shape index (κ3) is 7.88. The Hall–Kier alpha value is -2.74. The molecule has 1 aromatic carbocycles. The van der Waals surface area contributed by atoms with E-state index < -0.39 is 18.0 Å². The fourth-order valence-corrected chi connectivity index (χ4v) is 4.55. The van der Waals surface area contributed by atoms with Crippen LogP contribution in [0.5, 0.6) is 5.75 Å². The average molecular weight is 614 g/mol. The van der Waals surface area contributed by atoms with E-state index in [1.807, 2.05) is 0 Å². The Morgan fingerprint density at radius 3 is 2.42 bits per heavy atom. The highest BCUT2D eigenvalue weighted by molar-refractivity contribution is 14.1. The number of unbranched alkanes of at least 4 members (excludes halogenated alkanes) is 5. The molecule has 36 heavy (non-hydrogen) atoms.